The number of rotatable bonds is 6. The second-order valence-electron chi connectivity index (χ2n) is 5.69. The minimum Gasteiger partial charge on any atom is -0.384 e. The zero-order chi connectivity index (χ0) is 13.0. The van der Waals surface area contributed by atoms with Gasteiger partial charge in [-0.2, -0.15) is 0 Å². The first-order valence-corrected chi connectivity index (χ1v) is 6.98. The predicted molar refractivity (Wildman–Crippen MR) is 76.0 cm³/mol. The fourth-order valence-corrected chi connectivity index (χ4v) is 2.79. The van der Waals surface area contributed by atoms with Gasteiger partial charge in [0.2, 0.25) is 0 Å². The number of aryl methyl sites for hydroxylation is 1. The van der Waals surface area contributed by atoms with Crippen molar-refractivity contribution < 1.29 is 4.74 Å². The molecule has 2 nitrogen and oxygen atoms in total. The Labute approximate surface area is 111 Å². The lowest BCUT2D eigenvalue weighted by Crippen LogP contribution is -2.42. The van der Waals surface area contributed by atoms with Crippen LogP contribution in [0.3, 0.4) is 0 Å². The van der Waals surface area contributed by atoms with Gasteiger partial charge in [-0.1, -0.05) is 31.2 Å². The monoisotopic (exact) mass is 247 g/mol. The molecule has 0 heterocycles. The van der Waals surface area contributed by atoms with Crippen LogP contribution < -0.4 is 5.32 Å². The third kappa shape index (κ3) is 3.33. The molecule has 0 spiro atoms. The van der Waals surface area contributed by atoms with Crippen LogP contribution in [0.15, 0.2) is 24.3 Å². The van der Waals surface area contributed by atoms with Crippen LogP contribution >= 0.6 is 0 Å². The van der Waals surface area contributed by atoms with E-state index in [1.54, 1.807) is 12.7 Å². The second kappa shape index (κ2) is 6.35. The molecule has 2 heteroatoms. The molecule has 18 heavy (non-hydrogen) atoms. The molecule has 0 radical (unpaired) electrons. The molecule has 1 aromatic rings. The van der Waals surface area contributed by atoms with Gasteiger partial charge in [-0.25, -0.2) is 0 Å². The largest absolute Gasteiger partial charge is 0.384 e. The second-order valence-corrected chi connectivity index (χ2v) is 5.69. The van der Waals surface area contributed by atoms with Crippen molar-refractivity contribution in [1.29, 1.82) is 0 Å². The molecule has 0 aliphatic heterocycles. The van der Waals surface area contributed by atoms with E-state index in [1.165, 1.54) is 18.4 Å². The van der Waals surface area contributed by atoms with Gasteiger partial charge in [0.25, 0.3) is 0 Å². The third-order valence-electron chi connectivity index (χ3n) is 3.97. The molecule has 1 aromatic carbocycles. The normalized spacial score (nSPS) is 24.6. The summed E-state index contributed by atoms with van der Waals surface area (Å²) in [6, 6.07) is 9.48. The number of hydrogen-bond acceptors (Lipinski definition) is 2. The van der Waals surface area contributed by atoms with E-state index in [0.29, 0.717) is 12.0 Å². The van der Waals surface area contributed by atoms with E-state index in [4.69, 9.17) is 4.74 Å². The van der Waals surface area contributed by atoms with Gasteiger partial charge in [-0.05, 0) is 42.7 Å². The van der Waals surface area contributed by atoms with Gasteiger partial charge < -0.3 is 10.1 Å². The standard InChI is InChI=1S/C16H25NO/c1-12(11-18-3)10-17-15-8-14(9-15)16-7-5-4-6-13(16)2/h4-7,12,14-15,17H,8-11H2,1-3H3. The minimum absolute atomic E-state index is 0.604. The maximum atomic E-state index is 5.15. The van der Waals surface area contributed by atoms with Crippen molar-refractivity contribution in [2.24, 2.45) is 5.92 Å². The lowest BCUT2D eigenvalue weighted by molar-refractivity contribution is 0.152. The van der Waals surface area contributed by atoms with E-state index >= 15 is 0 Å². The Hall–Kier alpha value is -0.860. The molecule has 1 aliphatic carbocycles. The van der Waals surface area contributed by atoms with Gasteiger partial charge in [0.1, 0.15) is 0 Å². The van der Waals surface area contributed by atoms with Crippen molar-refractivity contribution in [2.45, 2.75) is 38.6 Å². The number of nitrogens with one attached hydrogen (secondary N) is 1. The topological polar surface area (TPSA) is 21.3 Å². The summed E-state index contributed by atoms with van der Waals surface area (Å²) in [4.78, 5) is 0. The Morgan fingerprint density at radius 1 is 1.33 bits per heavy atom. The molecule has 2 rings (SSSR count). The summed E-state index contributed by atoms with van der Waals surface area (Å²) in [6.07, 6.45) is 2.56. The van der Waals surface area contributed by atoms with Gasteiger partial charge in [0, 0.05) is 26.3 Å². The van der Waals surface area contributed by atoms with E-state index in [9.17, 15) is 0 Å². The van der Waals surface area contributed by atoms with Crippen molar-refractivity contribution in [2.75, 3.05) is 20.3 Å². The molecule has 0 bridgehead atoms. The Morgan fingerprint density at radius 2 is 2.06 bits per heavy atom. The molecule has 0 aromatic heterocycles. The molecule has 1 aliphatic rings. The van der Waals surface area contributed by atoms with Gasteiger partial charge in [0.05, 0.1) is 0 Å². The molecule has 1 saturated carbocycles. The molecular weight excluding hydrogens is 222 g/mol. The van der Waals surface area contributed by atoms with Crippen molar-refractivity contribution in [3.05, 3.63) is 35.4 Å². The molecule has 0 saturated heterocycles. The predicted octanol–water partition coefficient (Wildman–Crippen LogP) is 3.11. The van der Waals surface area contributed by atoms with Crippen LogP contribution in [0.5, 0.6) is 0 Å². The Morgan fingerprint density at radius 3 is 2.72 bits per heavy atom. The number of hydrogen-bond donors (Lipinski definition) is 1. The molecule has 1 atom stereocenters. The first-order valence-electron chi connectivity index (χ1n) is 6.98. The molecule has 1 fully saturated rings. The highest BCUT2D eigenvalue weighted by Gasteiger charge is 2.30. The van der Waals surface area contributed by atoms with Crippen LogP contribution in [0.2, 0.25) is 0 Å². The average molecular weight is 247 g/mol. The highest BCUT2D eigenvalue weighted by atomic mass is 16.5. The third-order valence-corrected chi connectivity index (χ3v) is 3.97. The van der Waals surface area contributed by atoms with E-state index < -0.39 is 0 Å². The number of ether oxygens (including phenoxy) is 1. The first-order chi connectivity index (χ1) is 8.70. The highest BCUT2D eigenvalue weighted by molar-refractivity contribution is 5.31. The Balaban J connectivity index is 1.73. The van der Waals surface area contributed by atoms with Gasteiger partial charge in [0.15, 0.2) is 0 Å². The van der Waals surface area contributed by atoms with Crippen molar-refractivity contribution in [1.82, 2.24) is 5.32 Å². The summed E-state index contributed by atoms with van der Waals surface area (Å²) < 4.78 is 5.15. The summed E-state index contributed by atoms with van der Waals surface area (Å²) in [5.41, 5.74) is 2.98. The van der Waals surface area contributed by atoms with Crippen LogP contribution in [0.25, 0.3) is 0 Å². The average Bonchev–Trinajstić information content (AvgIpc) is 2.29. The summed E-state index contributed by atoms with van der Waals surface area (Å²) >= 11 is 0. The molecule has 1 unspecified atom stereocenters. The smallest absolute Gasteiger partial charge is 0.0499 e. The zero-order valence-electron chi connectivity index (χ0n) is 11.8. The van der Waals surface area contributed by atoms with E-state index in [2.05, 4.69) is 43.4 Å². The van der Waals surface area contributed by atoms with E-state index in [-0.39, 0.29) is 0 Å². The highest BCUT2D eigenvalue weighted by Crippen LogP contribution is 2.38. The van der Waals surface area contributed by atoms with Crippen LogP contribution in [0, 0.1) is 12.8 Å². The summed E-state index contributed by atoms with van der Waals surface area (Å²) in [6.45, 7) is 6.37. The van der Waals surface area contributed by atoms with E-state index in [1.807, 2.05) is 0 Å². The Kier molecular flexibility index (Phi) is 4.79. The lowest BCUT2D eigenvalue weighted by Gasteiger charge is -2.37. The SMILES string of the molecule is COCC(C)CNC1CC(c2ccccc2C)C1. The molecule has 1 N–H and O–H groups in total. The maximum Gasteiger partial charge on any atom is 0.0499 e. The molecular formula is C16H25NO. The summed E-state index contributed by atoms with van der Waals surface area (Å²) in [5, 5.41) is 3.64. The van der Waals surface area contributed by atoms with Crippen molar-refractivity contribution >= 4 is 0 Å². The van der Waals surface area contributed by atoms with Gasteiger partial charge in [-0.15, -0.1) is 0 Å². The van der Waals surface area contributed by atoms with E-state index in [0.717, 1.165) is 19.1 Å². The minimum atomic E-state index is 0.604. The zero-order valence-corrected chi connectivity index (χ0v) is 11.8. The Bertz CT molecular complexity index is 371. The fraction of sp³-hybridized carbons (Fsp3) is 0.625. The quantitative estimate of drug-likeness (QED) is 0.834. The number of methoxy groups -OCH3 is 1. The maximum absolute atomic E-state index is 5.15. The lowest BCUT2D eigenvalue weighted by atomic mass is 9.74. The van der Waals surface area contributed by atoms with Gasteiger partial charge in [-0.3, -0.25) is 0 Å². The summed E-state index contributed by atoms with van der Waals surface area (Å²) in [5.74, 6) is 1.37. The van der Waals surface area contributed by atoms with Crippen molar-refractivity contribution in [3.63, 3.8) is 0 Å². The van der Waals surface area contributed by atoms with Crippen LogP contribution in [-0.4, -0.2) is 26.3 Å². The fourth-order valence-electron chi connectivity index (χ4n) is 2.79. The summed E-state index contributed by atoms with van der Waals surface area (Å²) in [7, 11) is 1.77. The van der Waals surface area contributed by atoms with Crippen LogP contribution in [-0.2, 0) is 4.74 Å². The molecule has 100 valence electrons. The number of benzene rings is 1. The molecule has 0 amide bonds. The van der Waals surface area contributed by atoms with Crippen LogP contribution in [0.1, 0.15) is 36.8 Å². The van der Waals surface area contributed by atoms with Crippen LogP contribution in [0.4, 0.5) is 0 Å². The first kappa shape index (κ1) is 13.6. The van der Waals surface area contributed by atoms with Gasteiger partial charge >= 0.3 is 0 Å². The van der Waals surface area contributed by atoms with Crippen molar-refractivity contribution in [3.8, 4) is 0 Å².